The Labute approximate surface area is 202 Å². The fraction of sp³-hybridized carbons (Fsp3) is 0.259. The van der Waals surface area contributed by atoms with Gasteiger partial charge in [-0.15, -0.1) is 0 Å². The van der Waals surface area contributed by atoms with E-state index >= 15 is 0 Å². The van der Waals surface area contributed by atoms with Gasteiger partial charge in [-0.25, -0.2) is 5.06 Å². The number of nitrogens with zero attached hydrogens (tertiary/aromatic N) is 2. The molecule has 1 saturated carbocycles. The topological polar surface area (TPSA) is 77.5 Å². The summed E-state index contributed by atoms with van der Waals surface area (Å²) in [6.45, 7) is 2.03. The van der Waals surface area contributed by atoms with Crippen molar-refractivity contribution in [2.24, 2.45) is 11.8 Å². The quantitative estimate of drug-likeness (QED) is 0.539. The summed E-state index contributed by atoms with van der Waals surface area (Å²) in [4.78, 5) is 36.7. The van der Waals surface area contributed by atoms with Crippen molar-refractivity contribution in [3.8, 4) is 23.0 Å². The van der Waals surface area contributed by atoms with Gasteiger partial charge in [0.05, 0.1) is 17.5 Å². The van der Waals surface area contributed by atoms with Crippen molar-refractivity contribution < 1.29 is 28.7 Å². The summed E-state index contributed by atoms with van der Waals surface area (Å²) in [7, 11) is 1.59. The SMILES string of the molecule is Cc1ccc(Oc2cccc(Oc3ccc(N4OC5C(CC6C(=O)N(C)OC65)C4=O)cc3)c2)cc1. The average Bonchev–Trinajstić information content (AvgIpc) is 3.46. The molecule has 2 saturated heterocycles. The van der Waals surface area contributed by atoms with Gasteiger partial charge in [-0.3, -0.25) is 19.3 Å². The highest BCUT2D eigenvalue weighted by Crippen LogP contribution is 2.46. The van der Waals surface area contributed by atoms with Crippen molar-refractivity contribution >= 4 is 17.5 Å². The number of aryl methyl sites for hydroxylation is 1. The maximum atomic E-state index is 13.0. The second kappa shape index (κ2) is 8.41. The zero-order chi connectivity index (χ0) is 24.1. The summed E-state index contributed by atoms with van der Waals surface area (Å²) in [6.07, 6.45) is -0.451. The fourth-order valence-corrected chi connectivity index (χ4v) is 4.86. The van der Waals surface area contributed by atoms with Gasteiger partial charge in [0, 0.05) is 13.1 Å². The Balaban J connectivity index is 1.12. The van der Waals surface area contributed by atoms with Gasteiger partial charge in [-0.2, -0.15) is 5.06 Å². The van der Waals surface area contributed by atoms with E-state index in [-0.39, 0.29) is 23.7 Å². The van der Waals surface area contributed by atoms with Gasteiger partial charge in [0.1, 0.15) is 35.2 Å². The largest absolute Gasteiger partial charge is 0.457 e. The summed E-state index contributed by atoms with van der Waals surface area (Å²) in [6, 6.07) is 22.3. The van der Waals surface area contributed by atoms with Gasteiger partial charge in [0.15, 0.2) is 0 Å². The van der Waals surface area contributed by atoms with Crippen LogP contribution < -0.4 is 14.5 Å². The van der Waals surface area contributed by atoms with Gasteiger partial charge >= 0.3 is 0 Å². The average molecular weight is 472 g/mol. The number of rotatable bonds is 5. The standard InChI is InChI=1S/C27H24N2O6/c1-16-6-10-18(11-7-16)32-20-4-3-5-21(14-20)33-19-12-8-17(9-13-19)29-27(31)23-15-22-24(25(23)35-29)34-28(2)26(22)30/h3-14,22-25H,15H2,1-2H3. The van der Waals surface area contributed by atoms with Crippen molar-refractivity contribution in [3.05, 3.63) is 78.4 Å². The number of hydrogen-bond donors (Lipinski definition) is 0. The molecule has 4 atom stereocenters. The molecule has 3 aliphatic rings. The summed E-state index contributed by atoms with van der Waals surface area (Å²) >= 11 is 0. The van der Waals surface area contributed by atoms with Gasteiger partial charge in [-0.1, -0.05) is 23.8 Å². The lowest BCUT2D eigenvalue weighted by atomic mass is 10.0. The summed E-state index contributed by atoms with van der Waals surface area (Å²) in [5, 5.41) is 2.55. The van der Waals surface area contributed by atoms with E-state index in [1.54, 1.807) is 31.3 Å². The molecular weight excluding hydrogens is 448 g/mol. The highest BCUT2D eigenvalue weighted by atomic mass is 16.7. The monoisotopic (exact) mass is 472 g/mol. The van der Waals surface area contributed by atoms with Crippen LogP contribution >= 0.6 is 0 Å². The van der Waals surface area contributed by atoms with E-state index in [0.717, 1.165) is 5.75 Å². The van der Waals surface area contributed by atoms with Crippen LogP contribution in [0.25, 0.3) is 0 Å². The number of anilines is 1. The van der Waals surface area contributed by atoms with Crippen molar-refractivity contribution in [3.63, 3.8) is 0 Å². The molecule has 2 aliphatic heterocycles. The highest BCUT2D eigenvalue weighted by Gasteiger charge is 2.61. The Morgan fingerprint density at radius 1 is 0.743 bits per heavy atom. The van der Waals surface area contributed by atoms with Crippen LogP contribution in [-0.4, -0.2) is 36.1 Å². The maximum absolute atomic E-state index is 13.0. The zero-order valence-electron chi connectivity index (χ0n) is 19.3. The molecule has 0 radical (unpaired) electrons. The summed E-state index contributed by atoms with van der Waals surface area (Å²) < 4.78 is 11.9. The smallest absolute Gasteiger partial charge is 0.256 e. The van der Waals surface area contributed by atoms with Crippen molar-refractivity contribution in [2.45, 2.75) is 25.6 Å². The Kier molecular flexibility index (Phi) is 5.20. The van der Waals surface area contributed by atoms with Gasteiger partial charge < -0.3 is 9.47 Å². The molecule has 0 N–H and O–H groups in total. The molecule has 1 aliphatic carbocycles. The number of fused-ring (bicyclic) bond motifs is 3. The van der Waals surface area contributed by atoms with E-state index < -0.39 is 12.2 Å². The van der Waals surface area contributed by atoms with E-state index in [0.29, 0.717) is 29.4 Å². The Morgan fingerprint density at radius 3 is 1.97 bits per heavy atom. The van der Waals surface area contributed by atoms with Crippen LogP contribution in [0, 0.1) is 18.8 Å². The number of benzene rings is 3. The van der Waals surface area contributed by atoms with E-state index in [4.69, 9.17) is 19.1 Å². The van der Waals surface area contributed by atoms with E-state index in [9.17, 15) is 9.59 Å². The minimum atomic E-state index is -0.464. The fourth-order valence-electron chi connectivity index (χ4n) is 4.86. The van der Waals surface area contributed by atoms with E-state index in [1.807, 2.05) is 55.5 Å². The first-order valence-corrected chi connectivity index (χ1v) is 11.5. The molecule has 3 aromatic rings. The molecule has 178 valence electrons. The molecule has 0 spiro atoms. The molecule has 4 unspecified atom stereocenters. The Hall–Kier alpha value is -3.88. The minimum absolute atomic E-state index is 0.0952. The van der Waals surface area contributed by atoms with Crippen LogP contribution in [0.3, 0.4) is 0 Å². The molecule has 2 amide bonds. The first-order chi connectivity index (χ1) is 17.0. The van der Waals surface area contributed by atoms with Crippen molar-refractivity contribution in [1.29, 1.82) is 0 Å². The Bertz CT molecular complexity index is 1280. The van der Waals surface area contributed by atoms with Crippen LogP contribution in [0.5, 0.6) is 23.0 Å². The minimum Gasteiger partial charge on any atom is -0.457 e. The van der Waals surface area contributed by atoms with Crippen LogP contribution in [0.4, 0.5) is 5.69 Å². The summed E-state index contributed by atoms with van der Waals surface area (Å²) in [5.74, 6) is 1.71. The number of hydroxylamine groups is 3. The number of carbonyl (C=O) groups excluding carboxylic acids is 2. The Morgan fingerprint density at radius 2 is 1.31 bits per heavy atom. The molecule has 8 heteroatoms. The zero-order valence-corrected chi connectivity index (χ0v) is 19.3. The first kappa shape index (κ1) is 21.6. The third kappa shape index (κ3) is 3.90. The van der Waals surface area contributed by atoms with E-state index in [2.05, 4.69) is 0 Å². The summed E-state index contributed by atoms with van der Waals surface area (Å²) in [5.41, 5.74) is 1.77. The normalized spacial score (nSPS) is 25.1. The number of hydrogen-bond acceptors (Lipinski definition) is 6. The van der Waals surface area contributed by atoms with Gasteiger partial charge in [0.2, 0.25) is 0 Å². The number of carbonyl (C=O) groups is 2. The van der Waals surface area contributed by atoms with Crippen molar-refractivity contribution in [2.75, 3.05) is 12.1 Å². The van der Waals surface area contributed by atoms with Crippen molar-refractivity contribution in [1.82, 2.24) is 5.06 Å². The molecule has 0 aromatic heterocycles. The molecule has 3 aromatic carbocycles. The molecule has 8 nitrogen and oxygen atoms in total. The van der Waals surface area contributed by atoms with Crippen LogP contribution in [0.1, 0.15) is 12.0 Å². The molecule has 3 fully saturated rings. The van der Waals surface area contributed by atoms with Gasteiger partial charge in [-0.05, 0) is 61.9 Å². The lowest BCUT2D eigenvalue weighted by Crippen LogP contribution is -2.30. The third-order valence-corrected chi connectivity index (χ3v) is 6.65. The molecule has 2 heterocycles. The predicted molar refractivity (Wildman–Crippen MR) is 126 cm³/mol. The third-order valence-electron chi connectivity index (χ3n) is 6.65. The second-order valence-electron chi connectivity index (χ2n) is 9.04. The first-order valence-electron chi connectivity index (χ1n) is 11.5. The number of ether oxygens (including phenoxy) is 2. The lowest BCUT2D eigenvalue weighted by molar-refractivity contribution is -0.177. The molecule has 35 heavy (non-hydrogen) atoms. The van der Waals surface area contributed by atoms with Crippen LogP contribution in [0.15, 0.2) is 72.8 Å². The highest BCUT2D eigenvalue weighted by molar-refractivity contribution is 5.97. The number of amides is 2. The lowest BCUT2D eigenvalue weighted by Gasteiger charge is -2.19. The molecule has 6 rings (SSSR count). The predicted octanol–water partition coefficient (Wildman–Crippen LogP) is 4.63. The van der Waals surface area contributed by atoms with E-state index in [1.165, 1.54) is 15.7 Å². The molecule has 0 bridgehead atoms. The van der Waals surface area contributed by atoms with Crippen LogP contribution in [-0.2, 0) is 19.3 Å². The maximum Gasteiger partial charge on any atom is 0.256 e. The van der Waals surface area contributed by atoms with Crippen LogP contribution in [0.2, 0.25) is 0 Å². The molecular formula is C27H24N2O6. The van der Waals surface area contributed by atoms with Gasteiger partial charge in [0.25, 0.3) is 11.8 Å². The second-order valence-corrected chi connectivity index (χ2v) is 9.04.